The van der Waals surface area contributed by atoms with Crippen molar-refractivity contribution in [2.75, 3.05) is 0 Å². The van der Waals surface area contributed by atoms with Crippen LogP contribution in [0.5, 0.6) is 11.9 Å². The van der Waals surface area contributed by atoms with Gasteiger partial charge in [0.1, 0.15) is 6.33 Å². The molecular weight excluding hydrogens is 254 g/mol. The average molecular weight is 267 g/mol. The fourth-order valence-electron chi connectivity index (χ4n) is 1.76. The number of para-hydroxylation sites is 1. The summed E-state index contributed by atoms with van der Waals surface area (Å²) < 4.78 is 7.21. The second-order valence-corrected chi connectivity index (χ2v) is 4.08. The largest absolute Gasteiger partial charge is 0.404 e. The molecule has 0 saturated heterocycles. The molecule has 0 spiro atoms. The Morgan fingerprint density at radius 1 is 1.05 bits per heavy atom. The lowest BCUT2D eigenvalue weighted by molar-refractivity contribution is 0.419. The van der Waals surface area contributed by atoms with E-state index < -0.39 is 0 Å². The van der Waals surface area contributed by atoms with Crippen molar-refractivity contribution < 1.29 is 4.74 Å². The van der Waals surface area contributed by atoms with Crippen molar-refractivity contribution >= 4 is 0 Å². The molecule has 3 aromatic rings. The summed E-state index contributed by atoms with van der Waals surface area (Å²) in [5, 5.41) is 4.25. The third kappa shape index (κ3) is 2.50. The molecule has 2 aromatic heterocycles. The van der Waals surface area contributed by atoms with E-state index in [2.05, 4.69) is 15.1 Å². The van der Waals surface area contributed by atoms with Crippen LogP contribution in [-0.2, 0) is 6.54 Å². The standard InChI is InChI=1S/C14H13N5O/c15-9-11-5-4-8-16-13(11)20-14-17-10-19(18-14)12-6-2-1-3-7-12/h1-8,10H,9,15H2. The van der Waals surface area contributed by atoms with E-state index in [1.807, 2.05) is 42.5 Å². The van der Waals surface area contributed by atoms with Crippen LogP contribution in [-0.4, -0.2) is 19.7 Å². The van der Waals surface area contributed by atoms with E-state index in [0.717, 1.165) is 11.3 Å². The summed E-state index contributed by atoms with van der Waals surface area (Å²) in [6.45, 7) is 0.350. The molecule has 0 unspecified atom stereocenters. The summed E-state index contributed by atoms with van der Waals surface area (Å²) in [5.74, 6) is 0.431. The first kappa shape index (κ1) is 12.3. The topological polar surface area (TPSA) is 78.9 Å². The van der Waals surface area contributed by atoms with Gasteiger partial charge in [-0.15, -0.1) is 5.10 Å². The Hall–Kier alpha value is -2.73. The minimum absolute atomic E-state index is 0.238. The molecule has 0 fully saturated rings. The van der Waals surface area contributed by atoms with Gasteiger partial charge in [-0.1, -0.05) is 24.3 Å². The van der Waals surface area contributed by atoms with E-state index >= 15 is 0 Å². The van der Waals surface area contributed by atoms with Crippen molar-refractivity contribution in [3.63, 3.8) is 0 Å². The third-order valence-corrected chi connectivity index (χ3v) is 2.75. The van der Waals surface area contributed by atoms with Crippen molar-refractivity contribution in [3.8, 4) is 17.6 Å². The van der Waals surface area contributed by atoms with E-state index in [1.54, 1.807) is 17.2 Å². The van der Waals surface area contributed by atoms with Gasteiger partial charge in [-0.3, -0.25) is 0 Å². The predicted octanol–water partition coefficient (Wildman–Crippen LogP) is 1.91. The first-order chi connectivity index (χ1) is 9.86. The Bertz CT molecular complexity index is 696. The molecule has 20 heavy (non-hydrogen) atoms. The minimum atomic E-state index is 0.238. The highest BCUT2D eigenvalue weighted by molar-refractivity contribution is 5.30. The molecule has 0 aliphatic heterocycles. The molecule has 0 atom stereocenters. The summed E-state index contributed by atoms with van der Waals surface area (Å²) in [5.41, 5.74) is 7.36. The first-order valence-corrected chi connectivity index (χ1v) is 6.16. The quantitative estimate of drug-likeness (QED) is 0.781. The maximum absolute atomic E-state index is 5.63. The first-order valence-electron chi connectivity index (χ1n) is 6.16. The smallest absolute Gasteiger partial charge is 0.342 e. The van der Waals surface area contributed by atoms with Gasteiger partial charge in [-0.2, -0.15) is 4.98 Å². The number of nitrogens with two attached hydrogens (primary N) is 1. The number of pyridine rings is 1. The molecule has 0 radical (unpaired) electrons. The third-order valence-electron chi connectivity index (χ3n) is 2.75. The molecule has 0 aliphatic rings. The van der Waals surface area contributed by atoms with Crippen LogP contribution >= 0.6 is 0 Å². The fraction of sp³-hybridized carbons (Fsp3) is 0.0714. The lowest BCUT2D eigenvalue weighted by atomic mass is 10.3. The van der Waals surface area contributed by atoms with Crippen LogP contribution in [0.4, 0.5) is 0 Å². The van der Waals surface area contributed by atoms with E-state index in [0.29, 0.717) is 12.4 Å². The van der Waals surface area contributed by atoms with Gasteiger partial charge < -0.3 is 10.5 Å². The molecular formula is C14H13N5O. The molecule has 6 heteroatoms. The Balaban J connectivity index is 1.84. The van der Waals surface area contributed by atoms with Crippen LogP contribution in [0, 0.1) is 0 Å². The number of ether oxygens (including phenoxy) is 1. The van der Waals surface area contributed by atoms with Crippen LogP contribution in [0.1, 0.15) is 5.56 Å². The molecule has 1 aromatic carbocycles. The molecule has 6 nitrogen and oxygen atoms in total. The van der Waals surface area contributed by atoms with E-state index in [1.165, 1.54) is 0 Å². The Labute approximate surface area is 115 Å². The van der Waals surface area contributed by atoms with E-state index in [9.17, 15) is 0 Å². The Kier molecular flexibility index (Phi) is 3.38. The number of benzene rings is 1. The summed E-state index contributed by atoms with van der Waals surface area (Å²) >= 11 is 0. The maximum atomic E-state index is 5.63. The monoisotopic (exact) mass is 267 g/mol. The van der Waals surface area contributed by atoms with Crippen LogP contribution in [0.25, 0.3) is 5.69 Å². The fourth-order valence-corrected chi connectivity index (χ4v) is 1.76. The summed E-state index contributed by atoms with van der Waals surface area (Å²) in [4.78, 5) is 8.25. The SMILES string of the molecule is NCc1cccnc1Oc1ncn(-c2ccccc2)n1. The van der Waals surface area contributed by atoms with Crippen LogP contribution in [0.2, 0.25) is 0 Å². The second-order valence-electron chi connectivity index (χ2n) is 4.08. The lowest BCUT2D eigenvalue weighted by Crippen LogP contribution is -2.01. The summed E-state index contributed by atoms with van der Waals surface area (Å²) in [6, 6.07) is 13.6. The number of rotatable bonds is 4. The maximum Gasteiger partial charge on any atom is 0.342 e. The zero-order chi connectivity index (χ0) is 13.8. The molecule has 3 rings (SSSR count). The average Bonchev–Trinajstić information content (AvgIpc) is 2.97. The molecule has 0 amide bonds. The molecule has 2 heterocycles. The van der Waals surface area contributed by atoms with Crippen molar-refractivity contribution in [1.82, 2.24) is 19.7 Å². The highest BCUT2D eigenvalue weighted by Crippen LogP contribution is 2.19. The van der Waals surface area contributed by atoms with E-state index in [4.69, 9.17) is 10.5 Å². The number of hydrogen-bond acceptors (Lipinski definition) is 5. The van der Waals surface area contributed by atoms with Gasteiger partial charge in [0.25, 0.3) is 0 Å². The van der Waals surface area contributed by atoms with Crippen molar-refractivity contribution in [1.29, 1.82) is 0 Å². The van der Waals surface area contributed by atoms with Gasteiger partial charge in [-0.05, 0) is 18.2 Å². The van der Waals surface area contributed by atoms with Crippen molar-refractivity contribution in [2.45, 2.75) is 6.54 Å². The van der Waals surface area contributed by atoms with Gasteiger partial charge in [0.05, 0.1) is 5.69 Å². The predicted molar refractivity (Wildman–Crippen MR) is 73.6 cm³/mol. The number of aromatic nitrogens is 4. The lowest BCUT2D eigenvalue weighted by Gasteiger charge is -2.04. The summed E-state index contributed by atoms with van der Waals surface area (Å²) in [7, 11) is 0. The zero-order valence-electron chi connectivity index (χ0n) is 10.7. The molecule has 0 bridgehead atoms. The molecule has 0 saturated carbocycles. The van der Waals surface area contributed by atoms with Crippen LogP contribution in [0.15, 0.2) is 55.0 Å². The van der Waals surface area contributed by atoms with Gasteiger partial charge in [0, 0.05) is 18.3 Å². The van der Waals surface area contributed by atoms with Gasteiger partial charge >= 0.3 is 6.01 Å². The Morgan fingerprint density at radius 3 is 2.70 bits per heavy atom. The molecule has 0 aliphatic carbocycles. The van der Waals surface area contributed by atoms with Crippen molar-refractivity contribution in [2.24, 2.45) is 5.73 Å². The molecule has 100 valence electrons. The summed E-state index contributed by atoms with van der Waals surface area (Å²) in [6.07, 6.45) is 3.23. The number of hydrogen-bond donors (Lipinski definition) is 1. The Morgan fingerprint density at radius 2 is 1.90 bits per heavy atom. The minimum Gasteiger partial charge on any atom is -0.404 e. The zero-order valence-corrected chi connectivity index (χ0v) is 10.7. The van der Waals surface area contributed by atoms with E-state index in [-0.39, 0.29) is 6.01 Å². The van der Waals surface area contributed by atoms with Gasteiger partial charge in [0.15, 0.2) is 0 Å². The van der Waals surface area contributed by atoms with Crippen LogP contribution in [0.3, 0.4) is 0 Å². The van der Waals surface area contributed by atoms with Crippen LogP contribution < -0.4 is 10.5 Å². The number of nitrogens with zero attached hydrogens (tertiary/aromatic N) is 4. The highest BCUT2D eigenvalue weighted by atomic mass is 16.5. The molecule has 2 N–H and O–H groups in total. The van der Waals surface area contributed by atoms with Gasteiger partial charge in [-0.25, -0.2) is 9.67 Å². The highest BCUT2D eigenvalue weighted by Gasteiger charge is 2.08. The normalized spacial score (nSPS) is 10.4. The van der Waals surface area contributed by atoms with Crippen molar-refractivity contribution in [3.05, 3.63) is 60.6 Å². The van der Waals surface area contributed by atoms with Gasteiger partial charge in [0.2, 0.25) is 5.88 Å². The second kappa shape index (κ2) is 5.50.